The van der Waals surface area contributed by atoms with Crippen LogP contribution in [0.2, 0.25) is 0 Å². The lowest BCUT2D eigenvalue weighted by molar-refractivity contribution is 0.0719. The Kier molecular flexibility index (Phi) is 44.5. The molecular weight excluding hydrogens is 1590 g/mol. The first-order valence-corrected chi connectivity index (χ1v) is 50.0. The van der Waals surface area contributed by atoms with Gasteiger partial charge in [0.1, 0.15) is 0 Å². The predicted octanol–water partition coefficient (Wildman–Crippen LogP) is 32.0. The third kappa shape index (κ3) is 30.8. The molecule has 10 aromatic carbocycles. The Morgan fingerprint density at radius 1 is 0.188 bits per heavy atom. The summed E-state index contributed by atoms with van der Waals surface area (Å²) in [5, 5.41) is 11.2. The van der Waals surface area contributed by atoms with Gasteiger partial charge in [0, 0.05) is 11.1 Å². The van der Waals surface area contributed by atoms with Gasteiger partial charge in [-0.25, -0.2) is 9.59 Å². The molecule has 0 aliphatic heterocycles. The lowest BCUT2D eigenvalue weighted by Crippen LogP contribution is -2.10. The van der Waals surface area contributed by atoms with Gasteiger partial charge < -0.3 is 56.8 Å². The van der Waals surface area contributed by atoms with Gasteiger partial charge >= 0.3 is 11.9 Å². The van der Waals surface area contributed by atoms with Crippen LogP contribution in [0, 0.1) is 23.7 Å². The standard InChI is InChI=1S/C114H150O14/c1-11-21-31-43-63-117-101-73-89-91-75-103(119-65-45-33-23-13-3)107(123-69-49-37-27-17-7)79-95(91)99-83-111(109(125-71-51-39-29-19-9)81-97(99)93(89)77-105(101)121-67-47-35-25-15-5)127-113(115)87-59-55-85(56-60-87)53-41-42-54-86-57-61-88(62-58-86)114(116)128-112-84-100-96-80-108(124-70-50-38-28-18-8)104(120-66-46-34-24-14-4)76-92(96)90-74-102(118-64-44-32-22-12-2)106(122-68-48-36-26-16-6)78-94(90)98(100)82-110(112)126-72-52-40-30-20-10/h55-62,73-84H,11-40,43-52,63-72H2,1-10H3. The fourth-order valence-corrected chi connectivity index (χ4v) is 16.3. The van der Waals surface area contributed by atoms with Gasteiger partial charge in [-0.2, -0.15) is 0 Å². The molecule has 14 nitrogen and oxygen atoms in total. The Labute approximate surface area is 766 Å². The number of fused-ring (bicyclic) bond motifs is 12. The van der Waals surface area contributed by atoms with Gasteiger partial charge in [-0.3, -0.25) is 0 Å². The van der Waals surface area contributed by atoms with Crippen molar-refractivity contribution in [3.05, 3.63) is 144 Å². The normalized spacial score (nSPS) is 11.3. The van der Waals surface area contributed by atoms with Gasteiger partial charge in [-0.1, -0.05) is 274 Å². The molecule has 0 aliphatic rings. The van der Waals surface area contributed by atoms with Crippen molar-refractivity contribution in [1.82, 2.24) is 0 Å². The van der Waals surface area contributed by atoms with Gasteiger partial charge in [-0.05, 0) is 262 Å². The van der Waals surface area contributed by atoms with Crippen molar-refractivity contribution in [2.75, 3.05) is 66.1 Å². The van der Waals surface area contributed by atoms with Gasteiger partial charge in [0.25, 0.3) is 0 Å². The minimum atomic E-state index is -0.543. The molecule has 0 saturated heterocycles. The smallest absolute Gasteiger partial charge is 0.343 e. The van der Waals surface area contributed by atoms with Gasteiger partial charge in [0.05, 0.1) is 77.2 Å². The van der Waals surface area contributed by atoms with Crippen LogP contribution < -0.4 is 56.8 Å². The summed E-state index contributed by atoms with van der Waals surface area (Å²) < 4.78 is 80.5. The molecule has 14 heteroatoms. The molecule has 0 heterocycles. The third-order valence-corrected chi connectivity index (χ3v) is 23.9. The number of unbranched alkanes of at least 4 members (excludes halogenated alkanes) is 30. The summed E-state index contributed by atoms with van der Waals surface area (Å²) in [6.45, 7) is 27.6. The SMILES string of the molecule is CCCCCCOc1cc2c3cc(OCCCCCC)c(OCCCCCC)cc3c3cc(OC(=O)c4ccc(C#CC#Cc5ccc(C(=O)Oc6cc7c8cc(OCCCCCC)c(OCCCCCC)cc8c8cc(OCCCCCC)c(OCCCCCC)cc8c7cc6OCCCCCC)cc5)cc4)c(OCCCCCC)cc3c2cc1OCCCCCC. The highest BCUT2D eigenvalue weighted by atomic mass is 16.6. The van der Waals surface area contributed by atoms with E-state index in [2.05, 4.69) is 141 Å². The summed E-state index contributed by atoms with van der Waals surface area (Å²) in [5.74, 6) is 18.4. The summed E-state index contributed by atoms with van der Waals surface area (Å²) in [5.41, 5.74) is 2.01. The first kappa shape index (κ1) is 100.0. The van der Waals surface area contributed by atoms with E-state index in [0.717, 1.165) is 333 Å². The maximum absolute atomic E-state index is 14.7. The van der Waals surface area contributed by atoms with Crippen LogP contribution in [-0.4, -0.2) is 78.0 Å². The highest BCUT2D eigenvalue weighted by Gasteiger charge is 2.26. The molecule has 0 N–H and O–H groups in total. The van der Waals surface area contributed by atoms with Crippen molar-refractivity contribution >= 4 is 76.6 Å². The number of benzene rings is 10. The van der Waals surface area contributed by atoms with Crippen molar-refractivity contribution in [2.45, 2.75) is 326 Å². The summed E-state index contributed by atoms with van der Waals surface area (Å²) in [6, 6.07) is 39.3. The number of hydrogen-bond acceptors (Lipinski definition) is 14. The zero-order valence-electron chi connectivity index (χ0n) is 79.6. The zero-order valence-corrected chi connectivity index (χ0v) is 79.6. The van der Waals surface area contributed by atoms with E-state index < -0.39 is 11.9 Å². The van der Waals surface area contributed by atoms with E-state index in [1.807, 2.05) is 24.3 Å². The number of hydrogen-bond donors (Lipinski definition) is 0. The first-order valence-electron chi connectivity index (χ1n) is 50.0. The maximum atomic E-state index is 14.7. The minimum Gasteiger partial charge on any atom is -0.490 e. The molecule has 0 bridgehead atoms. The monoisotopic (exact) mass is 1740 g/mol. The summed E-state index contributed by atoms with van der Waals surface area (Å²) in [7, 11) is 0. The molecule has 0 aliphatic carbocycles. The predicted molar refractivity (Wildman–Crippen MR) is 531 cm³/mol. The molecule has 0 atom stereocenters. The Morgan fingerprint density at radius 3 is 0.477 bits per heavy atom. The second-order valence-electron chi connectivity index (χ2n) is 34.6. The Bertz CT molecular complexity index is 4750. The quantitative estimate of drug-likeness (QED) is 0.0117. The average molecular weight is 1740 g/mol. The van der Waals surface area contributed by atoms with Crippen molar-refractivity contribution in [1.29, 1.82) is 0 Å². The molecule has 128 heavy (non-hydrogen) atoms. The molecule has 10 rings (SSSR count). The molecule has 0 saturated carbocycles. The van der Waals surface area contributed by atoms with Crippen LogP contribution in [0.3, 0.4) is 0 Å². The number of esters is 2. The maximum Gasteiger partial charge on any atom is 0.343 e. The summed E-state index contributed by atoms with van der Waals surface area (Å²) in [4.78, 5) is 29.4. The summed E-state index contributed by atoms with van der Waals surface area (Å²) in [6.07, 6.45) is 42.5. The molecule has 0 fully saturated rings. The van der Waals surface area contributed by atoms with E-state index in [4.69, 9.17) is 56.8 Å². The van der Waals surface area contributed by atoms with Gasteiger partial charge in [0.2, 0.25) is 0 Å². The molecule has 0 unspecified atom stereocenters. The van der Waals surface area contributed by atoms with Gasteiger partial charge in [0.15, 0.2) is 69.0 Å². The van der Waals surface area contributed by atoms with Crippen LogP contribution >= 0.6 is 0 Å². The van der Waals surface area contributed by atoms with E-state index >= 15 is 0 Å². The number of carbonyl (C=O) groups is 2. The van der Waals surface area contributed by atoms with Crippen molar-refractivity contribution in [2.24, 2.45) is 0 Å². The van der Waals surface area contributed by atoms with E-state index in [-0.39, 0.29) is 0 Å². The van der Waals surface area contributed by atoms with E-state index in [9.17, 15) is 9.59 Å². The van der Waals surface area contributed by atoms with Crippen LogP contribution in [0.4, 0.5) is 0 Å². The highest BCUT2D eigenvalue weighted by molar-refractivity contribution is 6.28. The lowest BCUT2D eigenvalue weighted by atomic mass is 9.93. The van der Waals surface area contributed by atoms with Gasteiger partial charge in [-0.15, -0.1) is 0 Å². The highest BCUT2D eigenvalue weighted by Crippen LogP contribution is 2.51. The fraction of sp³-hybridized carbons (Fsp3) is 0.526. The average Bonchev–Trinajstić information content (AvgIpc) is 0.729. The molecule has 0 spiro atoms. The largest absolute Gasteiger partial charge is 0.490 e. The van der Waals surface area contributed by atoms with Crippen LogP contribution in [0.1, 0.15) is 358 Å². The minimum absolute atomic E-state index is 0.309. The van der Waals surface area contributed by atoms with E-state index in [1.54, 1.807) is 48.5 Å². The summed E-state index contributed by atoms with van der Waals surface area (Å²) >= 11 is 0. The van der Waals surface area contributed by atoms with Crippen molar-refractivity contribution in [3.8, 4) is 92.7 Å². The Morgan fingerprint density at radius 2 is 0.328 bits per heavy atom. The molecule has 0 radical (unpaired) electrons. The number of rotatable bonds is 64. The third-order valence-electron chi connectivity index (χ3n) is 23.9. The second-order valence-corrected chi connectivity index (χ2v) is 34.6. The lowest BCUT2D eigenvalue weighted by Gasteiger charge is -2.20. The molecule has 690 valence electrons. The zero-order chi connectivity index (χ0) is 90.1. The molecule has 0 aromatic heterocycles. The fourth-order valence-electron chi connectivity index (χ4n) is 16.3. The molecule has 0 amide bonds. The van der Waals surface area contributed by atoms with Crippen molar-refractivity contribution < 1.29 is 66.4 Å². The van der Waals surface area contributed by atoms with E-state index in [1.165, 1.54) is 0 Å². The van der Waals surface area contributed by atoms with Crippen molar-refractivity contribution in [3.63, 3.8) is 0 Å². The molecule has 10 aromatic rings. The van der Waals surface area contributed by atoms with Crippen LogP contribution in [0.5, 0.6) is 69.0 Å². The van der Waals surface area contributed by atoms with E-state index in [0.29, 0.717) is 146 Å². The number of carbonyl (C=O) groups excluding carboxylic acids is 2. The molecular formula is C114H150O14. The number of ether oxygens (including phenoxy) is 12. The van der Waals surface area contributed by atoms with Crippen LogP contribution in [0.15, 0.2) is 121 Å². The Balaban J connectivity index is 0.958. The Hall–Kier alpha value is -10.2. The topological polar surface area (TPSA) is 145 Å². The van der Waals surface area contributed by atoms with Crippen LogP contribution in [-0.2, 0) is 0 Å². The first-order chi connectivity index (χ1) is 63.0. The second kappa shape index (κ2) is 57.0. The van der Waals surface area contributed by atoms with Crippen LogP contribution in [0.25, 0.3) is 64.6 Å².